The maximum absolute atomic E-state index is 10.7. The molecule has 0 N–H and O–H groups in total. The maximum atomic E-state index is 10.7. The van der Waals surface area contributed by atoms with Crippen LogP contribution in [0, 0.1) is 20.9 Å². The third kappa shape index (κ3) is 2.95. The SMILES string of the molecule is CC1(C)C[C@H]2C[C@](C)(CN2Cc2ccc([N+](=O)[O-])cc2)C1. The Morgan fingerprint density at radius 2 is 1.90 bits per heavy atom. The average molecular weight is 288 g/mol. The standard InChI is InChI=1S/C17H24N2O2/c1-16(2)8-15-9-17(3,11-16)12-18(15)10-13-4-6-14(7-5-13)19(20)21/h4-7,15H,8-12H2,1-3H3/t15-,17-/m0/s1. The lowest BCUT2D eigenvalue weighted by molar-refractivity contribution is -0.384. The number of likely N-dealkylation sites (tertiary alicyclic amines) is 1. The first kappa shape index (κ1) is 14.5. The topological polar surface area (TPSA) is 46.4 Å². The quantitative estimate of drug-likeness (QED) is 0.624. The van der Waals surface area contributed by atoms with Crippen molar-refractivity contribution < 1.29 is 4.92 Å². The number of nitrogens with zero attached hydrogens (tertiary/aromatic N) is 2. The van der Waals surface area contributed by atoms with Gasteiger partial charge in [-0.25, -0.2) is 0 Å². The minimum atomic E-state index is -0.337. The molecule has 1 heterocycles. The van der Waals surface area contributed by atoms with Crippen molar-refractivity contribution in [1.29, 1.82) is 0 Å². The second kappa shape index (κ2) is 4.80. The number of rotatable bonds is 3. The van der Waals surface area contributed by atoms with E-state index in [-0.39, 0.29) is 10.6 Å². The Balaban J connectivity index is 1.73. The molecule has 1 aliphatic carbocycles. The van der Waals surface area contributed by atoms with Crippen LogP contribution >= 0.6 is 0 Å². The normalized spacial score (nSPS) is 31.3. The van der Waals surface area contributed by atoms with Crippen molar-refractivity contribution in [2.75, 3.05) is 6.54 Å². The molecule has 1 aromatic rings. The van der Waals surface area contributed by atoms with Crippen molar-refractivity contribution >= 4 is 5.69 Å². The number of hydrogen-bond acceptors (Lipinski definition) is 3. The first-order valence-corrected chi connectivity index (χ1v) is 7.74. The van der Waals surface area contributed by atoms with E-state index in [1.807, 2.05) is 12.1 Å². The molecule has 3 rings (SSSR count). The minimum Gasteiger partial charge on any atom is -0.296 e. The molecule has 1 saturated heterocycles. The van der Waals surface area contributed by atoms with E-state index >= 15 is 0 Å². The number of benzene rings is 1. The van der Waals surface area contributed by atoms with E-state index in [1.165, 1.54) is 24.8 Å². The van der Waals surface area contributed by atoms with Crippen molar-refractivity contribution in [1.82, 2.24) is 4.90 Å². The lowest BCUT2D eigenvalue weighted by Gasteiger charge is -2.40. The first-order valence-electron chi connectivity index (χ1n) is 7.74. The number of non-ortho nitro benzene ring substituents is 1. The fraction of sp³-hybridized carbons (Fsp3) is 0.647. The summed E-state index contributed by atoms with van der Waals surface area (Å²) in [7, 11) is 0. The van der Waals surface area contributed by atoms with Crippen LogP contribution < -0.4 is 0 Å². The molecule has 2 fully saturated rings. The highest BCUT2D eigenvalue weighted by atomic mass is 16.6. The lowest BCUT2D eigenvalue weighted by Crippen LogP contribution is -2.34. The summed E-state index contributed by atoms with van der Waals surface area (Å²) >= 11 is 0. The summed E-state index contributed by atoms with van der Waals surface area (Å²) in [5.74, 6) is 0. The van der Waals surface area contributed by atoms with Crippen LogP contribution in [0.25, 0.3) is 0 Å². The molecule has 4 nitrogen and oxygen atoms in total. The zero-order valence-electron chi connectivity index (χ0n) is 13.1. The largest absolute Gasteiger partial charge is 0.296 e. The third-order valence-electron chi connectivity index (χ3n) is 5.06. The van der Waals surface area contributed by atoms with E-state index < -0.39 is 0 Å². The van der Waals surface area contributed by atoms with Gasteiger partial charge in [0.1, 0.15) is 0 Å². The molecule has 2 aliphatic rings. The fourth-order valence-electron chi connectivity index (χ4n) is 4.72. The van der Waals surface area contributed by atoms with E-state index in [0.29, 0.717) is 16.9 Å². The summed E-state index contributed by atoms with van der Waals surface area (Å²) in [6.45, 7) is 9.24. The van der Waals surface area contributed by atoms with Gasteiger partial charge in [-0.2, -0.15) is 0 Å². The van der Waals surface area contributed by atoms with Crippen LogP contribution in [0.15, 0.2) is 24.3 Å². The number of nitro benzene ring substituents is 1. The van der Waals surface area contributed by atoms with Crippen LogP contribution in [-0.4, -0.2) is 22.4 Å². The van der Waals surface area contributed by atoms with E-state index in [0.717, 1.165) is 13.1 Å². The van der Waals surface area contributed by atoms with Crippen molar-refractivity contribution in [3.05, 3.63) is 39.9 Å². The number of hydrogen-bond donors (Lipinski definition) is 0. The monoisotopic (exact) mass is 288 g/mol. The first-order chi connectivity index (χ1) is 9.76. The van der Waals surface area contributed by atoms with Gasteiger partial charge in [-0.15, -0.1) is 0 Å². The molecular formula is C17H24N2O2. The molecule has 1 saturated carbocycles. The van der Waals surface area contributed by atoms with Crippen molar-refractivity contribution in [2.45, 2.75) is 52.6 Å². The predicted molar refractivity (Wildman–Crippen MR) is 83.0 cm³/mol. The van der Waals surface area contributed by atoms with Crippen molar-refractivity contribution in [3.63, 3.8) is 0 Å². The van der Waals surface area contributed by atoms with Crippen LogP contribution in [0.1, 0.15) is 45.6 Å². The van der Waals surface area contributed by atoms with Gasteiger partial charge < -0.3 is 0 Å². The molecule has 0 amide bonds. The molecule has 4 heteroatoms. The van der Waals surface area contributed by atoms with Gasteiger partial charge >= 0.3 is 0 Å². The van der Waals surface area contributed by atoms with Crippen LogP contribution in [0.3, 0.4) is 0 Å². The van der Waals surface area contributed by atoms with E-state index in [4.69, 9.17) is 0 Å². The van der Waals surface area contributed by atoms with Gasteiger partial charge in [-0.05, 0) is 35.7 Å². The van der Waals surface area contributed by atoms with E-state index in [9.17, 15) is 10.1 Å². The molecule has 0 spiro atoms. The fourth-order valence-corrected chi connectivity index (χ4v) is 4.72. The summed E-state index contributed by atoms with van der Waals surface area (Å²) in [4.78, 5) is 13.0. The van der Waals surface area contributed by atoms with E-state index in [1.54, 1.807) is 12.1 Å². The van der Waals surface area contributed by atoms with Crippen molar-refractivity contribution in [2.24, 2.45) is 10.8 Å². The smallest absolute Gasteiger partial charge is 0.269 e. The Morgan fingerprint density at radius 1 is 1.24 bits per heavy atom. The molecule has 2 bridgehead atoms. The summed E-state index contributed by atoms with van der Waals surface area (Å²) < 4.78 is 0. The molecule has 114 valence electrons. The highest BCUT2D eigenvalue weighted by molar-refractivity contribution is 5.33. The van der Waals surface area contributed by atoms with Gasteiger partial charge in [-0.3, -0.25) is 15.0 Å². The zero-order valence-corrected chi connectivity index (χ0v) is 13.1. The van der Waals surface area contributed by atoms with Gasteiger partial charge in [0.2, 0.25) is 0 Å². The van der Waals surface area contributed by atoms with Crippen LogP contribution in [-0.2, 0) is 6.54 Å². The highest BCUT2D eigenvalue weighted by Gasteiger charge is 2.49. The number of fused-ring (bicyclic) bond motifs is 2. The van der Waals surface area contributed by atoms with Gasteiger partial charge in [0.15, 0.2) is 0 Å². The molecule has 21 heavy (non-hydrogen) atoms. The third-order valence-corrected chi connectivity index (χ3v) is 5.06. The second-order valence-corrected chi connectivity index (χ2v) is 8.04. The highest BCUT2D eigenvalue weighted by Crippen LogP contribution is 2.52. The number of nitro groups is 1. The molecule has 0 unspecified atom stereocenters. The summed E-state index contributed by atoms with van der Waals surface area (Å²) in [6.07, 6.45) is 3.85. The Labute approximate surface area is 126 Å². The van der Waals surface area contributed by atoms with Gasteiger partial charge in [0.25, 0.3) is 5.69 Å². The summed E-state index contributed by atoms with van der Waals surface area (Å²) in [6, 6.07) is 7.68. The minimum absolute atomic E-state index is 0.173. The molecule has 1 aromatic carbocycles. The Bertz CT molecular complexity index is 552. The average Bonchev–Trinajstić information content (AvgIpc) is 2.58. The Morgan fingerprint density at radius 3 is 2.52 bits per heavy atom. The lowest BCUT2D eigenvalue weighted by atomic mass is 9.65. The van der Waals surface area contributed by atoms with Crippen molar-refractivity contribution in [3.8, 4) is 0 Å². The van der Waals surface area contributed by atoms with Crippen LogP contribution in [0.5, 0.6) is 0 Å². The maximum Gasteiger partial charge on any atom is 0.269 e. The zero-order chi connectivity index (χ0) is 15.3. The molecule has 1 aliphatic heterocycles. The van der Waals surface area contributed by atoms with Gasteiger partial charge in [-0.1, -0.05) is 32.9 Å². The van der Waals surface area contributed by atoms with Gasteiger partial charge in [0, 0.05) is 31.3 Å². The van der Waals surface area contributed by atoms with Crippen LogP contribution in [0.2, 0.25) is 0 Å². The van der Waals surface area contributed by atoms with Gasteiger partial charge in [0.05, 0.1) is 4.92 Å². The predicted octanol–water partition coefficient (Wildman–Crippen LogP) is 4.00. The summed E-state index contributed by atoms with van der Waals surface area (Å²) in [5.41, 5.74) is 2.22. The molecule has 2 atom stereocenters. The summed E-state index contributed by atoms with van der Waals surface area (Å²) in [5, 5.41) is 10.7. The molecule has 0 radical (unpaired) electrons. The van der Waals surface area contributed by atoms with E-state index in [2.05, 4.69) is 25.7 Å². The Hall–Kier alpha value is -1.42. The Kier molecular flexibility index (Phi) is 3.32. The molecule has 0 aromatic heterocycles. The second-order valence-electron chi connectivity index (χ2n) is 8.04. The van der Waals surface area contributed by atoms with Crippen LogP contribution in [0.4, 0.5) is 5.69 Å². The molecular weight excluding hydrogens is 264 g/mol.